The van der Waals surface area contributed by atoms with Gasteiger partial charge in [-0.05, 0) is 37.1 Å². The lowest BCUT2D eigenvalue weighted by Crippen LogP contribution is -2.51. The van der Waals surface area contributed by atoms with Crippen molar-refractivity contribution in [3.63, 3.8) is 0 Å². The van der Waals surface area contributed by atoms with Gasteiger partial charge in [0.25, 0.3) is 0 Å². The molecule has 1 fully saturated rings. The highest BCUT2D eigenvalue weighted by molar-refractivity contribution is 7.18. The number of aromatic nitrogens is 1. The molecule has 5 nitrogen and oxygen atoms in total. The van der Waals surface area contributed by atoms with E-state index in [0.29, 0.717) is 0 Å². The zero-order valence-corrected chi connectivity index (χ0v) is 18.6. The number of rotatable bonds is 4. The Morgan fingerprint density at radius 1 is 1.03 bits per heavy atom. The summed E-state index contributed by atoms with van der Waals surface area (Å²) in [7, 11) is 1.69. The molecule has 1 amide bonds. The standard InChI is InChI=1S/C25H27N3O2S/c1-30-19-8-6-7-18(17-19)27-13-15-28(16-14-27)25(29)21-10-3-2-9-20(21)24-26-22-11-4-5-12-23(22)31-24/h2-8,11-12,17,20-21H,9-10,13-16H2,1H3/t20-,21+/m1/s1. The molecule has 1 aliphatic carbocycles. The lowest BCUT2D eigenvalue weighted by Gasteiger charge is -2.39. The number of carbonyl (C=O) groups is 1. The first-order valence-corrected chi connectivity index (χ1v) is 11.7. The second-order valence-electron chi connectivity index (χ2n) is 8.19. The lowest BCUT2D eigenvalue weighted by atomic mass is 9.82. The van der Waals surface area contributed by atoms with Crippen LogP contribution in [-0.4, -0.2) is 49.1 Å². The topological polar surface area (TPSA) is 45.7 Å². The minimum atomic E-state index is -0.0195. The SMILES string of the molecule is COc1cccc(N2CCN(C(=O)[C@H]3CC=CC[C@H]3c3nc4ccccc4s3)CC2)c1. The number of fused-ring (bicyclic) bond motifs is 1. The fraction of sp³-hybridized carbons (Fsp3) is 0.360. The molecule has 0 bridgehead atoms. The summed E-state index contributed by atoms with van der Waals surface area (Å²) < 4.78 is 6.56. The number of carbonyl (C=O) groups excluding carboxylic acids is 1. The van der Waals surface area contributed by atoms with Gasteiger partial charge in [0.2, 0.25) is 5.91 Å². The predicted molar refractivity (Wildman–Crippen MR) is 126 cm³/mol. The summed E-state index contributed by atoms with van der Waals surface area (Å²) >= 11 is 1.74. The molecular formula is C25H27N3O2S. The van der Waals surface area contributed by atoms with Crippen molar-refractivity contribution in [1.29, 1.82) is 0 Å². The molecule has 3 aromatic rings. The van der Waals surface area contributed by atoms with Crippen molar-refractivity contribution in [2.24, 2.45) is 5.92 Å². The molecule has 2 heterocycles. The molecule has 2 atom stereocenters. The molecular weight excluding hydrogens is 406 g/mol. The summed E-state index contributed by atoms with van der Waals surface area (Å²) in [5.74, 6) is 1.29. The zero-order valence-electron chi connectivity index (χ0n) is 17.7. The lowest BCUT2D eigenvalue weighted by molar-refractivity contribution is -0.136. The van der Waals surface area contributed by atoms with E-state index in [1.165, 1.54) is 4.70 Å². The summed E-state index contributed by atoms with van der Waals surface area (Å²) in [5.41, 5.74) is 2.19. The van der Waals surface area contributed by atoms with E-state index in [1.54, 1.807) is 18.4 Å². The molecule has 0 N–H and O–H groups in total. The van der Waals surface area contributed by atoms with Crippen molar-refractivity contribution in [3.05, 3.63) is 65.7 Å². The van der Waals surface area contributed by atoms with Crippen LogP contribution >= 0.6 is 11.3 Å². The number of benzene rings is 2. The van der Waals surface area contributed by atoms with Gasteiger partial charge in [-0.15, -0.1) is 11.3 Å². The number of hydrogen-bond donors (Lipinski definition) is 0. The van der Waals surface area contributed by atoms with Crippen molar-refractivity contribution in [3.8, 4) is 5.75 Å². The number of allylic oxidation sites excluding steroid dienone is 2. The van der Waals surface area contributed by atoms with Crippen LogP contribution < -0.4 is 9.64 Å². The molecule has 5 rings (SSSR count). The van der Waals surface area contributed by atoms with Crippen molar-refractivity contribution in [2.75, 3.05) is 38.2 Å². The number of anilines is 1. The molecule has 0 saturated carbocycles. The van der Waals surface area contributed by atoms with Gasteiger partial charge < -0.3 is 14.5 Å². The number of nitrogens with zero attached hydrogens (tertiary/aromatic N) is 3. The number of para-hydroxylation sites is 1. The van der Waals surface area contributed by atoms with E-state index in [-0.39, 0.29) is 17.7 Å². The van der Waals surface area contributed by atoms with Crippen molar-refractivity contribution >= 4 is 33.1 Å². The van der Waals surface area contributed by atoms with Crippen LogP contribution in [0.25, 0.3) is 10.2 Å². The van der Waals surface area contributed by atoms with Crippen LogP contribution in [0.4, 0.5) is 5.69 Å². The second kappa shape index (κ2) is 8.71. The minimum absolute atomic E-state index is 0.0195. The normalized spacial score (nSPS) is 21.5. The maximum atomic E-state index is 13.5. The second-order valence-corrected chi connectivity index (χ2v) is 9.25. The van der Waals surface area contributed by atoms with E-state index in [4.69, 9.17) is 9.72 Å². The third-order valence-electron chi connectivity index (χ3n) is 6.39. The fourth-order valence-corrected chi connectivity index (χ4v) is 5.78. The summed E-state index contributed by atoms with van der Waals surface area (Å²) in [5, 5.41) is 1.10. The van der Waals surface area contributed by atoms with Crippen LogP contribution in [-0.2, 0) is 4.79 Å². The fourth-order valence-electron chi connectivity index (χ4n) is 4.64. The first-order valence-electron chi connectivity index (χ1n) is 10.9. The first kappa shape index (κ1) is 20.1. The Labute approximate surface area is 187 Å². The van der Waals surface area contributed by atoms with E-state index >= 15 is 0 Å². The van der Waals surface area contributed by atoms with Crippen LogP contribution in [0, 0.1) is 5.92 Å². The summed E-state index contributed by atoms with van der Waals surface area (Å²) in [6, 6.07) is 16.4. The molecule has 0 radical (unpaired) electrons. The third-order valence-corrected chi connectivity index (χ3v) is 7.56. The smallest absolute Gasteiger partial charge is 0.226 e. The minimum Gasteiger partial charge on any atom is -0.497 e. The van der Waals surface area contributed by atoms with Gasteiger partial charge in [0.05, 0.1) is 28.3 Å². The molecule has 6 heteroatoms. The average Bonchev–Trinajstić information content (AvgIpc) is 3.28. The molecule has 31 heavy (non-hydrogen) atoms. The molecule has 2 aliphatic rings. The largest absolute Gasteiger partial charge is 0.497 e. The highest BCUT2D eigenvalue weighted by Crippen LogP contribution is 2.39. The van der Waals surface area contributed by atoms with Gasteiger partial charge in [0.15, 0.2) is 0 Å². The maximum absolute atomic E-state index is 13.5. The molecule has 0 spiro atoms. The molecule has 160 valence electrons. The highest BCUT2D eigenvalue weighted by atomic mass is 32.1. The third kappa shape index (κ3) is 4.04. The van der Waals surface area contributed by atoms with Crippen LogP contribution in [0.2, 0.25) is 0 Å². The molecule has 0 unspecified atom stereocenters. The highest BCUT2D eigenvalue weighted by Gasteiger charge is 2.35. The van der Waals surface area contributed by atoms with E-state index in [0.717, 1.165) is 61.0 Å². The Hall–Kier alpha value is -2.86. The Bertz CT molecular complexity index is 1070. The Balaban J connectivity index is 1.29. The van der Waals surface area contributed by atoms with Gasteiger partial charge in [-0.1, -0.05) is 30.4 Å². The quantitative estimate of drug-likeness (QED) is 0.560. The summed E-state index contributed by atoms with van der Waals surface area (Å²) in [6.45, 7) is 3.19. The van der Waals surface area contributed by atoms with Crippen LogP contribution in [0.1, 0.15) is 23.8 Å². The van der Waals surface area contributed by atoms with Gasteiger partial charge in [-0.3, -0.25) is 4.79 Å². The zero-order chi connectivity index (χ0) is 21.2. The summed E-state index contributed by atoms with van der Waals surface area (Å²) in [4.78, 5) is 22.8. The molecule has 1 aromatic heterocycles. The number of thiazole rings is 1. The monoisotopic (exact) mass is 433 g/mol. The first-order chi connectivity index (χ1) is 15.2. The van der Waals surface area contributed by atoms with Crippen molar-refractivity contribution < 1.29 is 9.53 Å². The number of hydrogen-bond acceptors (Lipinski definition) is 5. The van der Waals surface area contributed by atoms with E-state index in [9.17, 15) is 4.79 Å². The van der Waals surface area contributed by atoms with E-state index in [1.807, 2.05) is 18.2 Å². The van der Waals surface area contributed by atoms with Gasteiger partial charge >= 0.3 is 0 Å². The molecule has 1 aliphatic heterocycles. The van der Waals surface area contributed by atoms with E-state index in [2.05, 4.69) is 52.3 Å². The summed E-state index contributed by atoms with van der Waals surface area (Å²) in [6.07, 6.45) is 6.07. The van der Waals surface area contributed by atoms with Crippen molar-refractivity contribution in [2.45, 2.75) is 18.8 Å². The molecule has 1 saturated heterocycles. The van der Waals surface area contributed by atoms with E-state index < -0.39 is 0 Å². The molecule has 2 aromatic carbocycles. The number of ether oxygens (including phenoxy) is 1. The van der Waals surface area contributed by atoms with Gasteiger partial charge in [0.1, 0.15) is 5.75 Å². The Morgan fingerprint density at radius 3 is 2.65 bits per heavy atom. The number of piperazine rings is 1. The van der Waals surface area contributed by atoms with Crippen LogP contribution in [0.5, 0.6) is 5.75 Å². The van der Waals surface area contributed by atoms with Gasteiger partial charge in [-0.2, -0.15) is 0 Å². The number of methoxy groups -OCH3 is 1. The Morgan fingerprint density at radius 2 is 1.84 bits per heavy atom. The van der Waals surface area contributed by atoms with Gasteiger partial charge in [0, 0.05) is 43.9 Å². The van der Waals surface area contributed by atoms with Crippen molar-refractivity contribution in [1.82, 2.24) is 9.88 Å². The number of amides is 1. The van der Waals surface area contributed by atoms with Crippen LogP contribution in [0.3, 0.4) is 0 Å². The maximum Gasteiger partial charge on any atom is 0.226 e. The van der Waals surface area contributed by atoms with Gasteiger partial charge in [-0.25, -0.2) is 4.98 Å². The van der Waals surface area contributed by atoms with Crippen LogP contribution in [0.15, 0.2) is 60.7 Å². The predicted octanol–water partition coefficient (Wildman–Crippen LogP) is 4.70. The Kier molecular flexibility index (Phi) is 5.64. The average molecular weight is 434 g/mol.